The van der Waals surface area contributed by atoms with Crippen molar-refractivity contribution in [2.24, 2.45) is 17.8 Å². The zero-order valence-corrected chi connectivity index (χ0v) is 28.3. The summed E-state index contributed by atoms with van der Waals surface area (Å²) in [6.45, 7) is 4.88. The Morgan fingerprint density at radius 1 is 0.660 bits per heavy atom. The van der Waals surface area contributed by atoms with E-state index in [1.807, 2.05) is 48.5 Å². The number of nitriles is 1. The van der Waals surface area contributed by atoms with E-state index in [1.54, 1.807) is 6.20 Å². The fraction of sp³-hybridized carbons (Fsp3) is 0.250. The van der Waals surface area contributed by atoms with Crippen molar-refractivity contribution in [2.45, 2.75) is 51.4 Å². The van der Waals surface area contributed by atoms with Gasteiger partial charge in [-0.25, -0.2) is 19.9 Å². The van der Waals surface area contributed by atoms with Crippen LogP contribution in [0, 0.1) is 29.1 Å². The van der Waals surface area contributed by atoms with Crippen LogP contribution in [0.15, 0.2) is 114 Å². The molecule has 2 saturated carbocycles. The zero-order chi connectivity index (χ0) is 33.8. The standard InChI is InChI=1S/C44H37N5O/c1-27-21-30-22-28(2)24-44(23-27,25-30)35-17-15-34(16-18-35)41-47-40(33-13-11-32(12-14-33)31-9-7-29(26-45)8-10-31)48-42(49-41)37-19-20-46-43-39(37)36-5-3-4-6-38(36)50-43/h3-20,27-28,30H,21-25H2,1-2H3/t27-,28+,30?,44-. The Bertz CT molecular complexity index is 2380. The van der Waals surface area contributed by atoms with Gasteiger partial charge in [0.25, 0.3) is 0 Å². The van der Waals surface area contributed by atoms with E-state index >= 15 is 0 Å². The van der Waals surface area contributed by atoms with Gasteiger partial charge in [0.1, 0.15) is 5.58 Å². The van der Waals surface area contributed by atoms with Crippen LogP contribution >= 0.6 is 0 Å². The molecule has 2 fully saturated rings. The first-order chi connectivity index (χ1) is 24.4. The van der Waals surface area contributed by atoms with Gasteiger partial charge in [-0.05, 0) is 96.2 Å². The van der Waals surface area contributed by atoms with Crippen molar-refractivity contribution in [3.05, 3.63) is 120 Å². The van der Waals surface area contributed by atoms with Gasteiger partial charge in [-0.1, -0.05) is 92.7 Å². The Hall–Kier alpha value is -5.67. The van der Waals surface area contributed by atoms with E-state index in [1.165, 1.54) is 37.7 Å². The largest absolute Gasteiger partial charge is 0.438 e. The van der Waals surface area contributed by atoms with Crippen LogP contribution in [0.4, 0.5) is 0 Å². The van der Waals surface area contributed by atoms with Crippen molar-refractivity contribution in [3.8, 4) is 51.4 Å². The summed E-state index contributed by atoms with van der Waals surface area (Å²) in [5, 5.41) is 11.1. The number of furan rings is 1. The Labute approximate surface area is 291 Å². The predicted molar refractivity (Wildman–Crippen MR) is 198 cm³/mol. The number of pyridine rings is 1. The predicted octanol–water partition coefficient (Wildman–Crippen LogP) is 10.8. The highest BCUT2D eigenvalue weighted by atomic mass is 16.3. The number of rotatable bonds is 5. The molecule has 6 heteroatoms. The first kappa shape index (κ1) is 30.4. The smallest absolute Gasteiger partial charge is 0.228 e. The van der Waals surface area contributed by atoms with E-state index in [9.17, 15) is 5.26 Å². The zero-order valence-electron chi connectivity index (χ0n) is 28.3. The average molecular weight is 652 g/mol. The van der Waals surface area contributed by atoms with E-state index in [2.05, 4.69) is 79.5 Å². The third kappa shape index (κ3) is 5.34. The fourth-order valence-corrected chi connectivity index (χ4v) is 9.17. The summed E-state index contributed by atoms with van der Waals surface area (Å²) >= 11 is 0. The lowest BCUT2D eigenvalue weighted by atomic mass is 9.54. The second-order valence-electron chi connectivity index (χ2n) is 14.7. The van der Waals surface area contributed by atoms with Crippen molar-refractivity contribution >= 4 is 22.1 Å². The van der Waals surface area contributed by atoms with Gasteiger partial charge in [0.05, 0.1) is 17.0 Å². The van der Waals surface area contributed by atoms with Crippen LogP contribution in [0.5, 0.6) is 0 Å². The van der Waals surface area contributed by atoms with Crippen LogP contribution in [0.1, 0.15) is 57.1 Å². The topological polar surface area (TPSA) is 88.5 Å². The Morgan fingerprint density at radius 3 is 1.90 bits per heavy atom. The van der Waals surface area contributed by atoms with E-state index in [-0.39, 0.29) is 5.41 Å². The summed E-state index contributed by atoms with van der Waals surface area (Å²) in [6, 6.07) is 37.2. The molecule has 2 aliphatic carbocycles. The second-order valence-corrected chi connectivity index (χ2v) is 14.7. The molecule has 9 rings (SSSR count). The Kier molecular flexibility index (Phi) is 7.31. The number of benzene rings is 4. The maximum Gasteiger partial charge on any atom is 0.228 e. The second kappa shape index (κ2) is 12.0. The summed E-state index contributed by atoms with van der Waals surface area (Å²) in [5.41, 5.74) is 8.51. The highest BCUT2D eigenvalue weighted by Gasteiger charge is 2.45. The van der Waals surface area contributed by atoms with Crippen molar-refractivity contribution in [3.63, 3.8) is 0 Å². The van der Waals surface area contributed by atoms with Crippen LogP contribution in [0.25, 0.3) is 67.4 Å². The van der Waals surface area contributed by atoms with E-state index in [4.69, 9.17) is 19.4 Å². The molecule has 0 N–H and O–H groups in total. The van der Waals surface area contributed by atoms with Crippen LogP contribution in [-0.2, 0) is 5.41 Å². The van der Waals surface area contributed by atoms with Gasteiger partial charge in [-0.2, -0.15) is 5.26 Å². The highest BCUT2D eigenvalue weighted by molar-refractivity contribution is 6.10. The van der Waals surface area contributed by atoms with Gasteiger partial charge < -0.3 is 4.42 Å². The molecule has 0 saturated heterocycles. The quantitative estimate of drug-likeness (QED) is 0.184. The lowest BCUT2D eigenvalue weighted by Gasteiger charge is -2.50. The highest BCUT2D eigenvalue weighted by Crippen LogP contribution is 2.54. The van der Waals surface area contributed by atoms with Gasteiger partial charge in [0.15, 0.2) is 17.5 Å². The number of hydrogen-bond acceptors (Lipinski definition) is 6. The van der Waals surface area contributed by atoms with Crippen molar-refractivity contribution in [1.29, 1.82) is 5.26 Å². The van der Waals surface area contributed by atoms with Crippen molar-refractivity contribution < 1.29 is 4.42 Å². The molecule has 3 heterocycles. The molecule has 4 aromatic carbocycles. The molecule has 4 atom stereocenters. The molecule has 244 valence electrons. The molecule has 7 aromatic rings. The lowest BCUT2D eigenvalue weighted by molar-refractivity contribution is 0.0780. The third-order valence-corrected chi connectivity index (χ3v) is 11.0. The molecule has 0 amide bonds. The van der Waals surface area contributed by atoms with E-state index < -0.39 is 0 Å². The first-order valence-corrected chi connectivity index (χ1v) is 17.7. The molecule has 1 unspecified atom stereocenters. The van der Waals surface area contributed by atoms with Gasteiger partial charge in [-0.15, -0.1) is 0 Å². The molecule has 6 nitrogen and oxygen atoms in total. The molecular formula is C44H37N5O. The van der Waals surface area contributed by atoms with Crippen molar-refractivity contribution in [1.82, 2.24) is 19.9 Å². The minimum absolute atomic E-state index is 0.260. The summed E-state index contributed by atoms with van der Waals surface area (Å²) in [6.07, 6.45) is 8.32. The lowest BCUT2D eigenvalue weighted by Crippen LogP contribution is -2.42. The van der Waals surface area contributed by atoms with E-state index in [0.717, 1.165) is 61.9 Å². The van der Waals surface area contributed by atoms with Crippen molar-refractivity contribution in [2.75, 3.05) is 0 Å². The Balaban J connectivity index is 1.15. The van der Waals surface area contributed by atoms with Gasteiger partial charge in [-0.3, -0.25) is 0 Å². The molecule has 2 aliphatic rings. The van der Waals surface area contributed by atoms with Gasteiger partial charge >= 0.3 is 0 Å². The first-order valence-electron chi connectivity index (χ1n) is 17.7. The molecule has 3 aromatic heterocycles. The number of hydrogen-bond donors (Lipinski definition) is 0. The fourth-order valence-electron chi connectivity index (χ4n) is 9.17. The minimum Gasteiger partial charge on any atom is -0.438 e. The molecule has 0 aliphatic heterocycles. The normalized spacial score (nSPS) is 21.7. The summed E-state index contributed by atoms with van der Waals surface area (Å²) in [5.74, 6) is 4.16. The van der Waals surface area contributed by atoms with Gasteiger partial charge in [0.2, 0.25) is 5.71 Å². The maximum absolute atomic E-state index is 9.22. The number of para-hydroxylation sites is 1. The molecular weight excluding hydrogens is 615 g/mol. The molecule has 0 radical (unpaired) electrons. The van der Waals surface area contributed by atoms with E-state index in [0.29, 0.717) is 28.8 Å². The van der Waals surface area contributed by atoms with Crippen LogP contribution in [0.2, 0.25) is 0 Å². The average Bonchev–Trinajstić information content (AvgIpc) is 3.53. The SMILES string of the molecule is C[C@@H]1CC2C[C@H](C)C[C@@](c3ccc(-c4nc(-c5ccc(-c6ccc(C#N)cc6)cc5)nc(-c5ccnc6oc7ccccc7c56)n4)cc3)(C2)C1. The molecule has 0 spiro atoms. The third-order valence-electron chi connectivity index (χ3n) is 11.0. The number of aromatic nitrogens is 4. The number of fused-ring (bicyclic) bond motifs is 5. The molecule has 50 heavy (non-hydrogen) atoms. The van der Waals surface area contributed by atoms with Crippen LogP contribution in [-0.4, -0.2) is 19.9 Å². The van der Waals surface area contributed by atoms with Gasteiger partial charge in [0, 0.05) is 28.3 Å². The number of nitrogens with zero attached hydrogens (tertiary/aromatic N) is 5. The van der Waals surface area contributed by atoms with Crippen LogP contribution < -0.4 is 0 Å². The Morgan fingerprint density at radius 2 is 1.24 bits per heavy atom. The van der Waals surface area contributed by atoms with Crippen LogP contribution in [0.3, 0.4) is 0 Å². The minimum atomic E-state index is 0.260. The summed E-state index contributed by atoms with van der Waals surface area (Å²) in [7, 11) is 0. The monoisotopic (exact) mass is 651 g/mol. The summed E-state index contributed by atoms with van der Waals surface area (Å²) < 4.78 is 6.13. The summed E-state index contributed by atoms with van der Waals surface area (Å²) in [4.78, 5) is 19.8. The maximum atomic E-state index is 9.22. The molecule has 2 bridgehead atoms.